The number of amides is 1. The summed E-state index contributed by atoms with van der Waals surface area (Å²) in [7, 11) is 0. The average Bonchev–Trinajstić information content (AvgIpc) is 2.39. The molecule has 1 aliphatic heterocycles. The lowest BCUT2D eigenvalue weighted by Gasteiger charge is -2.41. The zero-order valence-electron chi connectivity index (χ0n) is 12.3. The Morgan fingerprint density at radius 2 is 1.89 bits per heavy atom. The van der Waals surface area contributed by atoms with Gasteiger partial charge in [-0.05, 0) is 19.8 Å². The molecule has 110 valence electrons. The van der Waals surface area contributed by atoms with E-state index in [9.17, 15) is 4.79 Å². The van der Waals surface area contributed by atoms with Crippen LogP contribution in [0.4, 0.5) is 0 Å². The van der Waals surface area contributed by atoms with Gasteiger partial charge in [0.15, 0.2) is 0 Å². The number of rotatable bonds is 3. The normalized spacial score (nSPS) is 27.5. The van der Waals surface area contributed by atoms with Crippen molar-refractivity contribution in [3.63, 3.8) is 0 Å². The molecule has 0 aromatic carbocycles. The van der Waals surface area contributed by atoms with Gasteiger partial charge in [0.1, 0.15) is 6.04 Å². The number of nitrogens with zero attached hydrogens (tertiary/aromatic N) is 1. The van der Waals surface area contributed by atoms with Crippen LogP contribution in [0.2, 0.25) is 0 Å². The van der Waals surface area contributed by atoms with E-state index in [1.807, 2.05) is 6.92 Å². The first-order chi connectivity index (χ1) is 9.33. The molecule has 2 rings (SSSR count). The average molecular weight is 267 g/mol. The lowest BCUT2D eigenvalue weighted by molar-refractivity contribution is -0.128. The molecule has 0 spiro atoms. The molecule has 19 heavy (non-hydrogen) atoms. The maximum atomic E-state index is 12.2. The van der Waals surface area contributed by atoms with Gasteiger partial charge in [-0.25, -0.2) is 0 Å². The predicted octanol–water partition coefficient (Wildman–Crippen LogP) is 1.51. The maximum Gasteiger partial charge on any atom is 0.238 e. The topological polar surface area (TPSA) is 44.4 Å². The number of hydrogen-bond acceptors (Lipinski definition) is 3. The second kappa shape index (κ2) is 7.85. The van der Waals surface area contributed by atoms with E-state index < -0.39 is 0 Å². The van der Waals surface area contributed by atoms with Crippen LogP contribution in [-0.4, -0.2) is 49.1 Å². The summed E-state index contributed by atoms with van der Waals surface area (Å²) < 4.78 is 0. The van der Waals surface area contributed by atoms with E-state index >= 15 is 0 Å². The summed E-state index contributed by atoms with van der Waals surface area (Å²) in [5, 5.41) is 6.36. The first-order valence-electron chi connectivity index (χ1n) is 8.07. The molecule has 1 amide bonds. The number of nitrogens with one attached hydrogen (secondary N) is 2. The van der Waals surface area contributed by atoms with Gasteiger partial charge in [-0.15, -0.1) is 0 Å². The molecule has 4 nitrogen and oxygen atoms in total. The highest BCUT2D eigenvalue weighted by Crippen LogP contribution is 2.23. The third-order valence-electron chi connectivity index (χ3n) is 4.48. The second-order valence-electron chi connectivity index (χ2n) is 5.85. The van der Waals surface area contributed by atoms with Gasteiger partial charge in [-0.2, -0.15) is 0 Å². The Morgan fingerprint density at radius 3 is 2.58 bits per heavy atom. The molecule has 0 radical (unpaired) electrons. The third-order valence-corrected chi connectivity index (χ3v) is 4.48. The minimum Gasteiger partial charge on any atom is -0.355 e. The van der Waals surface area contributed by atoms with Crippen LogP contribution in [0.25, 0.3) is 0 Å². The Balaban J connectivity index is 1.98. The van der Waals surface area contributed by atoms with Crippen molar-refractivity contribution in [1.29, 1.82) is 0 Å². The minimum atomic E-state index is 0.0399. The van der Waals surface area contributed by atoms with Crippen molar-refractivity contribution in [3.05, 3.63) is 0 Å². The Hall–Kier alpha value is -0.610. The molecule has 1 unspecified atom stereocenters. The summed E-state index contributed by atoms with van der Waals surface area (Å²) in [6.07, 6.45) is 9.34. The number of likely N-dealkylation sites (N-methyl/N-ethyl adjacent to an activating group) is 1. The van der Waals surface area contributed by atoms with Crippen molar-refractivity contribution < 1.29 is 4.79 Å². The quantitative estimate of drug-likeness (QED) is 0.814. The van der Waals surface area contributed by atoms with Crippen molar-refractivity contribution in [3.8, 4) is 0 Å². The van der Waals surface area contributed by atoms with E-state index in [1.165, 1.54) is 44.9 Å². The van der Waals surface area contributed by atoms with E-state index in [2.05, 4.69) is 15.5 Å². The fourth-order valence-corrected chi connectivity index (χ4v) is 3.46. The lowest BCUT2D eigenvalue weighted by Crippen LogP contribution is -2.60. The fourth-order valence-electron chi connectivity index (χ4n) is 3.46. The van der Waals surface area contributed by atoms with E-state index in [4.69, 9.17) is 0 Å². The SMILES string of the molecule is CCNC(=O)C1CNCCN1C1CCCCCCC1. The second-order valence-corrected chi connectivity index (χ2v) is 5.85. The molecule has 1 atom stereocenters. The van der Waals surface area contributed by atoms with E-state index in [0.29, 0.717) is 6.04 Å². The number of hydrogen-bond donors (Lipinski definition) is 2. The van der Waals surface area contributed by atoms with Crippen molar-refractivity contribution in [1.82, 2.24) is 15.5 Å². The molecule has 2 aliphatic rings. The molecule has 2 fully saturated rings. The molecule has 0 aromatic rings. The van der Waals surface area contributed by atoms with Crippen molar-refractivity contribution in [2.24, 2.45) is 0 Å². The molecule has 1 heterocycles. The van der Waals surface area contributed by atoms with Gasteiger partial charge in [-0.3, -0.25) is 9.69 Å². The number of piperazine rings is 1. The Labute approximate surface area is 117 Å². The molecule has 1 saturated heterocycles. The summed E-state index contributed by atoms with van der Waals surface area (Å²) in [6.45, 7) is 5.57. The fraction of sp³-hybridized carbons (Fsp3) is 0.933. The summed E-state index contributed by atoms with van der Waals surface area (Å²) in [4.78, 5) is 14.7. The predicted molar refractivity (Wildman–Crippen MR) is 78.2 cm³/mol. The largest absolute Gasteiger partial charge is 0.355 e. The molecule has 0 bridgehead atoms. The first kappa shape index (κ1) is 14.8. The van der Waals surface area contributed by atoms with E-state index in [-0.39, 0.29) is 11.9 Å². The van der Waals surface area contributed by atoms with Gasteiger partial charge in [0.2, 0.25) is 5.91 Å². The molecule has 0 aromatic heterocycles. The molecule has 2 N–H and O–H groups in total. The van der Waals surface area contributed by atoms with Gasteiger partial charge < -0.3 is 10.6 Å². The first-order valence-corrected chi connectivity index (χ1v) is 8.07. The summed E-state index contributed by atoms with van der Waals surface area (Å²) >= 11 is 0. The maximum absolute atomic E-state index is 12.2. The molecule has 1 saturated carbocycles. The number of carbonyl (C=O) groups is 1. The van der Waals surface area contributed by atoms with Crippen LogP contribution >= 0.6 is 0 Å². The summed E-state index contributed by atoms with van der Waals surface area (Å²) in [5.74, 6) is 0.205. The monoisotopic (exact) mass is 267 g/mol. The van der Waals surface area contributed by atoms with Crippen LogP contribution in [-0.2, 0) is 4.79 Å². The standard InChI is InChI=1S/C15H29N3O/c1-2-17-15(19)14-12-16-10-11-18(14)13-8-6-4-3-5-7-9-13/h13-14,16H,2-12H2,1H3,(H,17,19). The third kappa shape index (κ3) is 4.18. The number of carbonyl (C=O) groups excluding carboxylic acids is 1. The van der Waals surface area contributed by atoms with Gasteiger partial charge in [-0.1, -0.05) is 32.1 Å². The van der Waals surface area contributed by atoms with Crippen LogP contribution in [0.15, 0.2) is 0 Å². The van der Waals surface area contributed by atoms with Crippen molar-refractivity contribution in [2.75, 3.05) is 26.2 Å². The van der Waals surface area contributed by atoms with Crippen LogP contribution in [0.3, 0.4) is 0 Å². The molecule has 4 heteroatoms. The summed E-state index contributed by atoms with van der Waals surface area (Å²) in [6, 6.07) is 0.660. The smallest absolute Gasteiger partial charge is 0.238 e. The minimum absolute atomic E-state index is 0.0399. The van der Waals surface area contributed by atoms with Gasteiger partial charge in [0.25, 0.3) is 0 Å². The van der Waals surface area contributed by atoms with Crippen LogP contribution < -0.4 is 10.6 Å². The Kier molecular flexibility index (Phi) is 6.11. The zero-order chi connectivity index (χ0) is 13.5. The zero-order valence-corrected chi connectivity index (χ0v) is 12.3. The van der Waals surface area contributed by atoms with Crippen molar-refractivity contribution in [2.45, 2.75) is 64.0 Å². The molecular weight excluding hydrogens is 238 g/mol. The highest BCUT2D eigenvalue weighted by molar-refractivity contribution is 5.82. The highest BCUT2D eigenvalue weighted by Gasteiger charge is 2.32. The van der Waals surface area contributed by atoms with Crippen LogP contribution in [0.1, 0.15) is 51.9 Å². The Bertz CT molecular complexity index is 275. The van der Waals surface area contributed by atoms with E-state index in [0.717, 1.165) is 26.2 Å². The van der Waals surface area contributed by atoms with E-state index in [1.54, 1.807) is 0 Å². The van der Waals surface area contributed by atoms with Gasteiger partial charge >= 0.3 is 0 Å². The van der Waals surface area contributed by atoms with Crippen LogP contribution in [0.5, 0.6) is 0 Å². The van der Waals surface area contributed by atoms with Gasteiger partial charge in [0, 0.05) is 32.2 Å². The Morgan fingerprint density at radius 1 is 1.21 bits per heavy atom. The molecular formula is C15H29N3O. The molecule has 1 aliphatic carbocycles. The lowest BCUT2D eigenvalue weighted by atomic mass is 9.94. The van der Waals surface area contributed by atoms with Crippen molar-refractivity contribution >= 4 is 5.91 Å². The van der Waals surface area contributed by atoms with Crippen LogP contribution in [0, 0.1) is 0 Å². The highest BCUT2D eigenvalue weighted by atomic mass is 16.2. The summed E-state index contributed by atoms with van der Waals surface area (Å²) in [5.41, 5.74) is 0. The van der Waals surface area contributed by atoms with Gasteiger partial charge in [0.05, 0.1) is 0 Å².